The first-order chi connectivity index (χ1) is 18.2. The topological polar surface area (TPSA) is 30.9 Å². The minimum Gasteiger partial charge on any atom is -0.497 e. The summed E-state index contributed by atoms with van der Waals surface area (Å²) >= 11 is 6.66. The summed E-state index contributed by atoms with van der Waals surface area (Å²) in [5, 5.41) is 0.652. The summed E-state index contributed by atoms with van der Waals surface area (Å²) in [7, 11) is 3.41. The van der Waals surface area contributed by atoms with E-state index in [1.807, 2.05) is 0 Å². The molecule has 37 heavy (non-hydrogen) atoms. The Morgan fingerprint density at radius 1 is 0.838 bits per heavy atom. The standard InChI is InChI=1S/C32H34ClNO3/c1-35-24-11-13-25-22(18-24)8-12-26-27-20-30(36-2)29(33)19-28(27)31(32(25)26)21-6-9-23(10-7-21)37-17-16-34-14-4-3-5-15-34/h6-7,9-11,13,18-20,31H,3-5,8,12,14-17H2,1-2H3. The van der Waals surface area contributed by atoms with Crippen LogP contribution in [0.4, 0.5) is 0 Å². The molecule has 4 nitrogen and oxygen atoms in total. The monoisotopic (exact) mass is 515 g/mol. The van der Waals surface area contributed by atoms with Crippen LogP contribution >= 0.6 is 11.6 Å². The molecule has 0 bridgehead atoms. The van der Waals surface area contributed by atoms with Gasteiger partial charge in [-0.2, -0.15) is 0 Å². The number of hydrogen-bond acceptors (Lipinski definition) is 4. The van der Waals surface area contributed by atoms with Gasteiger partial charge in [0.2, 0.25) is 0 Å². The molecule has 192 valence electrons. The molecule has 1 heterocycles. The van der Waals surface area contributed by atoms with Crippen LogP contribution in [0.3, 0.4) is 0 Å². The van der Waals surface area contributed by atoms with Crippen molar-refractivity contribution in [1.82, 2.24) is 4.90 Å². The number of piperidine rings is 1. The lowest BCUT2D eigenvalue weighted by Crippen LogP contribution is -2.33. The van der Waals surface area contributed by atoms with Crippen molar-refractivity contribution in [3.63, 3.8) is 0 Å². The zero-order valence-corrected chi connectivity index (χ0v) is 22.4. The van der Waals surface area contributed by atoms with Crippen LogP contribution in [0.2, 0.25) is 5.02 Å². The van der Waals surface area contributed by atoms with Gasteiger partial charge in [0, 0.05) is 12.5 Å². The fourth-order valence-corrected chi connectivity index (χ4v) is 6.54. The molecule has 0 N–H and O–H groups in total. The highest BCUT2D eigenvalue weighted by Crippen LogP contribution is 2.56. The lowest BCUT2D eigenvalue weighted by atomic mass is 9.79. The summed E-state index contributed by atoms with van der Waals surface area (Å²) < 4.78 is 17.3. The molecule has 1 unspecified atom stereocenters. The van der Waals surface area contributed by atoms with Crippen molar-refractivity contribution in [3.05, 3.63) is 87.4 Å². The number of aryl methyl sites for hydroxylation is 1. The van der Waals surface area contributed by atoms with Gasteiger partial charge in [0.1, 0.15) is 23.9 Å². The third-order valence-corrected chi connectivity index (χ3v) is 8.45. The molecular weight excluding hydrogens is 482 g/mol. The largest absolute Gasteiger partial charge is 0.497 e. The number of hydrogen-bond donors (Lipinski definition) is 0. The van der Waals surface area contributed by atoms with Crippen LogP contribution in [0.5, 0.6) is 17.2 Å². The molecule has 3 aliphatic rings. The summed E-state index contributed by atoms with van der Waals surface area (Å²) in [6.07, 6.45) is 5.95. The summed E-state index contributed by atoms with van der Waals surface area (Å²) in [5.41, 5.74) is 9.17. The number of methoxy groups -OCH3 is 2. The molecule has 6 rings (SSSR count). The Hall–Kier alpha value is -2.95. The van der Waals surface area contributed by atoms with Crippen molar-refractivity contribution in [2.75, 3.05) is 40.5 Å². The second-order valence-corrected chi connectivity index (χ2v) is 10.6. The Bertz CT molecular complexity index is 1320. The SMILES string of the molecule is COc1ccc2c(c1)CCC1=C2C(c2ccc(OCCN3CCCCC3)cc2)c2cc(Cl)c(OC)cc21. The summed E-state index contributed by atoms with van der Waals surface area (Å²) in [4.78, 5) is 2.51. The molecule has 3 aromatic rings. The lowest BCUT2D eigenvalue weighted by molar-refractivity contribution is 0.183. The van der Waals surface area contributed by atoms with E-state index in [-0.39, 0.29) is 5.92 Å². The average Bonchev–Trinajstić information content (AvgIpc) is 3.26. The van der Waals surface area contributed by atoms with E-state index < -0.39 is 0 Å². The van der Waals surface area contributed by atoms with E-state index in [9.17, 15) is 0 Å². The number of fused-ring (bicyclic) bond motifs is 4. The van der Waals surface area contributed by atoms with Crippen LogP contribution in [0, 0.1) is 0 Å². The van der Waals surface area contributed by atoms with Gasteiger partial charge in [-0.15, -0.1) is 0 Å². The van der Waals surface area contributed by atoms with Crippen LogP contribution in [0.15, 0.2) is 54.6 Å². The molecule has 1 saturated heterocycles. The quantitative estimate of drug-likeness (QED) is 0.332. The Kier molecular flexibility index (Phi) is 6.88. The van der Waals surface area contributed by atoms with E-state index in [1.54, 1.807) is 14.2 Å². The smallest absolute Gasteiger partial charge is 0.138 e. The summed E-state index contributed by atoms with van der Waals surface area (Å²) in [5.74, 6) is 2.68. The third-order valence-electron chi connectivity index (χ3n) is 8.16. The van der Waals surface area contributed by atoms with Crippen LogP contribution < -0.4 is 14.2 Å². The van der Waals surface area contributed by atoms with Crippen LogP contribution in [-0.4, -0.2) is 45.4 Å². The van der Waals surface area contributed by atoms with Crippen LogP contribution in [0.1, 0.15) is 59.4 Å². The number of nitrogens with zero attached hydrogens (tertiary/aromatic N) is 1. The van der Waals surface area contributed by atoms with Crippen LogP contribution in [0.25, 0.3) is 11.1 Å². The second kappa shape index (κ2) is 10.4. The van der Waals surface area contributed by atoms with Gasteiger partial charge in [0.15, 0.2) is 0 Å². The van der Waals surface area contributed by atoms with Crippen molar-refractivity contribution >= 4 is 22.7 Å². The minimum absolute atomic E-state index is 0.114. The molecule has 0 amide bonds. The second-order valence-electron chi connectivity index (χ2n) is 10.2. The van der Waals surface area contributed by atoms with E-state index in [1.165, 1.54) is 71.3 Å². The zero-order valence-electron chi connectivity index (χ0n) is 21.7. The summed E-state index contributed by atoms with van der Waals surface area (Å²) in [6.45, 7) is 4.11. The molecule has 1 fully saturated rings. The van der Waals surface area contributed by atoms with Gasteiger partial charge in [-0.1, -0.05) is 36.2 Å². The van der Waals surface area contributed by atoms with Gasteiger partial charge in [0.25, 0.3) is 0 Å². The molecule has 2 aliphatic carbocycles. The highest BCUT2D eigenvalue weighted by atomic mass is 35.5. The number of benzene rings is 3. The first-order valence-corrected chi connectivity index (χ1v) is 13.8. The van der Waals surface area contributed by atoms with Gasteiger partial charge >= 0.3 is 0 Å². The molecule has 1 aliphatic heterocycles. The predicted octanol–water partition coefficient (Wildman–Crippen LogP) is 7.22. The van der Waals surface area contributed by atoms with E-state index in [0.29, 0.717) is 5.02 Å². The first-order valence-electron chi connectivity index (χ1n) is 13.4. The van der Waals surface area contributed by atoms with Crippen LogP contribution in [-0.2, 0) is 6.42 Å². The van der Waals surface area contributed by atoms with Crippen molar-refractivity contribution in [3.8, 4) is 17.2 Å². The Morgan fingerprint density at radius 2 is 1.62 bits per heavy atom. The van der Waals surface area contributed by atoms with E-state index in [2.05, 4.69) is 59.5 Å². The molecule has 0 aromatic heterocycles. The van der Waals surface area contributed by atoms with Gasteiger partial charge in [-0.3, -0.25) is 4.90 Å². The van der Waals surface area contributed by atoms with E-state index >= 15 is 0 Å². The predicted molar refractivity (Wildman–Crippen MR) is 150 cm³/mol. The third kappa shape index (κ3) is 4.62. The van der Waals surface area contributed by atoms with Crippen molar-refractivity contribution in [1.29, 1.82) is 0 Å². The molecule has 0 saturated carbocycles. The number of rotatable bonds is 7. The van der Waals surface area contributed by atoms with Gasteiger partial charge in [0.05, 0.1) is 19.2 Å². The van der Waals surface area contributed by atoms with Gasteiger partial charge in [-0.25, -0.2) is 0 Å². The molecule has 0 spiro atoms. The van der Waals surface area contributed by atoms with E-state index in [4.69, 9.17) is 25.8 Å². The maximum atomic E-state index is 6.66. The molecule has 1 atom stereocenters. The number of allylic oxidation sites excluding steroid dienone is 2. The van der Waals surface area contributed by atoms with Gasteiger partial charge < -0.3 is 14.2 Å². The molecule has 0 radical (unpaired) electrons. The Labute approximate surface area is 224 Å². The molecular formula is C32H34ClNO3. The summed E-state index contributed by atoms with van der Waals surface area (Å²) in [6, 6.07) is 19.4. The number of likely N-dealkylation sites (tertiary alicyclic amines) is 1. The Balaban J connectivity index is 1.32. The van der Waals surface area contributed by atoms with Gasteiger partial charge in [-0.05, 0) is 114 Å². The van der Waals surface area contributed by atoms with E-state index in [0.717, 1.165) is 43.2 Å². The van der Waals surface area contributed by atoms with Crippen molar-refractivity contribution in [2.45, 2.75) is 38.0 Å². The normalized spacial score (nSPS) is 18.7. The number of ether oxygens (including phenoxy) is 3. The van der Waals surface area contributed by atoms with Crippen molar-refractivity contribution in [2.24, 2.45) is 0 Å². The lowest BCUT2D eigenvalue weighted by Gasteiger charge is -2.26. The highest BCUT2D eigenvalue weighted by Gasteiger charge is 2.37. The number of halogens is 1. The minimum atomic E-state index is 0.114. The fraction of sp³-hybridized carbons (Fsp3) is 0.375. The van der Waals surface area contributed by atoms with Crippen molar-refractivity contribution < 1.29 is 14.2 Å². The maximum Gasteiger partial charge on any atom is 0.138 e. The maximum absolute atomic E-state index is 6.66. The average molecular weight is 516 g/mol. The fourth-order valence-electron chi connectivity index (χ4n) is 6.29. The Morgan fingerprint density at radius 3 is 2.38 bits per heavy atom. The molecule has 5 heteroatoms. The molecule has 3 aromatic carbocycles. The zero-order chi connectivity index (χ0) is 25.4. The first kappa shape index (κ1) is 24.4. The highest BCUT2D eigenvalue weighted by molar-refractivity contribution is 6.32.